The molecule has 5 nitrogen and oxygen atoms in total. The fourth-order valence-corrected chi connectivity index (χ4v) is 3.30. The summed E-state index contributed by atoms with van der Waals surface area (Å²) in [5, 5.41) is 7.85. The second-order valence-corrected chi connectivity index (χ2v) is 6.79. The Hall–Kier alpha value is -2.79. The number of amides is 1. The largest absolute Gasteiger partial charge is 0.492 e. The second kappa shape index (κ2) is 7.22. The van der Waals surface area contributed by atoms with Gasteiger partial charge in [0, 0.05) is 23.1 Å². The Balaban J connectivity index is 1.43. The van der Waals surface area contributed by atoms with E-state index in [1.807, 2.05) is 53.3 Å². The van der Waals surface area contributed by atoms with Crippen molar-refractivity contribution in [1.29, 1.82) is 0 Å². The Morgan fingerprint density at radius 2 is 2.19 bits per heavy atom. The lowest BCUT2D eigenvalue weighted by Crippen LogP contribution is -2.32. The average Bonchev–Trinajstić information content (AvgIpc) is 3.14. The number of hydrogen-bond acceptors (Lipinski definition) is 3. The number of benzene rings is 2. The van der Waals surface area contributed by atoms with Crippen molar-refractivity contribution in [2.75, 3.05) is 11.9 Å². The van der Waals surface area contributed by atoms with Crippen molar-refractivity contribution in [3.8, 4) is 5.75 Å². The van der Waals surface area contributed by atoms with Gasteiger partial charge in [0.05, 0.1) is 12.5 Å². The minimum Gasteiger partial charge on any atom is -0.492 e. The fraction of sp³-hybridized carbons (Fsp3) is 0.200. The second-order valence-electron chi connectivity index (χ2n) is 6.36. The maximum Gasteiger partial charge on any atom is 0.231 e. The molecule has 1 N–H and O–H groups in total. The third-order valence-electron chi connectivity index (χ3n) is 4.40. The van der Waals surface area contributed by atoms with Crippen LogP contribution < -0.4 is 10.1 Å². The van der Waals surface area contributed by atoms with Crippen LogP contribution in [-0.2, 0) is 17.8 Å². The summed E-state index contributed by atoms with van der Waals surface area (Å²) in [6.07, 6.45) is 4.28. The summed E-state index contributed by atoms with van der Waals surface area (Å²) in [6.45, 7) is 1.03. The molecule has 1 amide bonds. The first-order chi connectivity index (χ1) is 12.7. The van der Waals surface area contributed by atoms with E-state index < -0.39 is 0 Å². The van der Waals surface area contributed by atoms with Crippen molar-refractivity contribution in [1.82, 2.24) is 9.78 Å². The first-order valence-electron chi connectivity index (χ1n) is 8.46. The molecule has 0 fully saturated rings. The average molecular weight is 368 g/mol. The normalized spacial score (nSPS) is 15.8. The summed E-state index contributed by atoms with van der Waals surface area (Å²) in [4.78, 5) is 12.6. The zero-order valence-electron chi connectivity index (χ0n) is 14.1. The van der Waals surface area contributed by atoms with Crippen molar-refractivity contribution < 1.29 is 9.53 Å². The van der Waals surface area contributed by atoms with Crippen LogP contribution in [0.2, 0.25) is 5.02 Å². The Morgan fingerprint density at radius 1 is 1.27 bits per heavy atom. The topological polar surface area (TPSA) is 56.2 Å². The number of hydrogen-bond donors (Lipinski definition) is 1. The molecule has 1 aliphatic rings. The third-order valence-corrected chi connectivity index (χ3v) is 4.63. The van der Waals surface area contributed by atoms with Gasteiger partial charge in [-0.15, -0.1) is 0 Å². The highest BCUT2D eigenvalue weighted by molar-refractivity contribution is 6.30. The third kappa shape index (κ3) is 3.73. The smallest absolute Gasteiger partial charge is 0.231 e. The van der Waals surface area contributed by atoms with Crippen molar-refractivity contribution in [3.63, 3.8) is 0 Å². The van der Waals surface area contributed by atoms with E-state index in [0.717, 1.165) is 22.6 Å². The molecule has 0 bridgehead atoms. The van der Waals surface area contributed by atoms with Crippen LogP contribution in [0.5, 0.6) is 5.75 Å². The zero-order chi connectivity index (χ0) is 17.9. The number of fused-ring (bicyclic) bond motifs is 1. The molecule has 132 valence electrons. The fourth-order valence-electron chi connectivity index (χ4n) is 3.10. The molecule has 0 aliphatic carbocycles. The number of carbonyl (C=O) groups excluding carboxylic acids is 1. The molecule has 0 saturated carbocycles. The Kier molecular flexibility index (Phi) is 4.63. The molecule has 26 heavy (non-hydrogen) atoms. The highest BCUT2D eigenvalue weighted by Crippen LogP contribution is 2.30. The molecule has 4 rings (SSSR count). The van der Waals surface area contributed by atoms with Gasteiger partial charge in [-0.25, -0.2) is 0 Å². The predicted octanol–water partition coefficient (Wildman–Crippen LogP) is 3.77. The Labute approximate surface area is 156 Å². The maximum absolute atomic E-state index is 12.6. The summed E-state index contributed by atoms with van der Waals surface area (Å²) in [5.74, 6) is 0.516. The molecule has 1 aromatic heterocycles. The number of anilines is 1. The van der Waals surface area contributed by atoms with Gasteiger partial charge in [-0.3, -0.25) is 9.48 Å². The number of nitrogens with one attached hydrogen (secondary N) is 1. The summed E-state index contributed by atoms with van der Waals surface area (Å²) >= 11 is 6.05. The van der Waals surface area contributed by atoms with E-state index in [1.54, 1.807) is 12.3 Å². The molecule has 1 aliphatic heterocycles. The summed E-state index contributed by atoms with van der Waals surface area (Å²) in [7, 11) is 0. The van der Waals surface area contributed by atoms with Crippen LogP contribution in [0.4, 0.5) is 5.69 Å². The molecule has 1 atom stereocenters. The van der Waals surface area contributed by atoms with Crippen LogP contribution in [-0.4, -0.2) is 22.3 Å². The predicted molar refractivity (Wildman–Crippen MR) is 101 cm³/mol. The molecule has 3 aromatic rings. The number of rotatable bonds is 4. The van der Waals surface area contributed by atoms with E-state index in [4.69, 9.17) is 16.3 Å². The van der Waals surface area contributed by atoms with Crippen LogP contribution in [0.3, 0.4) is 0 Å². The highest BCUT2D eigenvalue weighted by Gasteiger charge is 2.26. The van der Waals surface area contributed by atoms with E-state index >= 15 is 0 Å². The number of carbonyl (C=O) groups is 1. The molecule has 2 aromatic carbocycles. The van der Waals surface area contributed by atoms with E-state index in [-0.39, 0.29) is 11.8 Å². The SMILES string of the molecule is O=C(Nc1cccc(Cn2cccn2)c1)C1COc2ccc(Cl)cc2C1. The Morgan fingerprint density at radius 3 is 3.04 bits per heavy atom. The highest BCUT2D eigenvalue weighted by atomic mass is 35.5. The van der Waals surface area contributed by atoms with Crippen LogP contribution in [0, 0.1) is 5.92 Å². The van der Waals surface area contributed by atoms with Gasteiger partial charge in [-0.1, -0.05) is 23.7 Å². The molecular weight excluding hydrogens is 350 g/mol. The zero-order valence-corrected chi connectivity index (χ0v) is 14.8. The van der Waals surface area contributed by atoms with Crippen molar-refractivity contribution in [3.05, 3.63) is 77.1 Å². The van der Waals surface area contributed by atoms with Gasteiger partial charge in [0.1, 0.15) is 12.4 Å². The van der Waals surface area contributed by atoms with Crippen molar-refractivity contribution >= 4 is 23.2 Å². The minimum absolute atomic E-state index is 0.0492. The lowest BCUT2D eigenvalue weighted by atomic mass is 9.96. The first kappa shape index (κ1) is 16.7. The van der Waals surface area contributed by atoms with Gasteiger partial charge in [-0.2, -0.15) is 5.10 Å². The summed E-state index contributed by atoms with van der Waals surface area (Å²) in [6, 6.07) is 15.2. The number of aromatic nitrogens is 2. The Bertz CT molecular complexity index is 925. The van der Waals surface area contributed by atoms with Crippen LogP contribution in [0.15, 0.2) is 60.9 Å². The molecule has 0 radical (unpaired) electrons. The van der Waals surface area contributed by atoms with E-state index in [0.29, 0.717) is 24.6 Å². The molecule has 6 heteroatoms. The van der Waals surface area contributed by atoms with Crippen LogP contribution in [0.1, 0.15) is 11.1 Å². The number of nitrogens with zero attached hydrogens (tertiary/aromatic N) is 2. The van der Waals surface area contributed by atoms with Gasteiger partial charge in [0.25, 0.3) is 0 Å². The van der Waals surface area contributed by atoms with E-state index in [9.17, 15) is 4.79 Å². The van der Waals surface area contributed by atoms with Crippen molar-refractivity contribution in [2.45, 2.75) is 13.0 Å². The van der Waals surface area contributed by atoms with Gasteiger partial charge >= 0.3 is 0 Å². The lowest BCUT2D eigenvalue weighted by molar-refractivity contribution is -0.121. The van der Waals surface area contributed by atoms with E-state index in [1.165, 1.54) is 0 Å². The van der Waals surface area contributed by atoms with Gasteiger partial charge in [-0.05, 0) is 53.9 Å². The quantitative estimate of drug-likeness (QED) is 0.763. The molecule has 1 unspecified atom stereocenters. The molecule has 0 spiro atoms. The number of ether oxygens (including phenoxy) is 1. The van der Waals surface area contributed by atoms with Gasteiger partial charge < -0.3 is 10.1 Å². The molecule has 0 saturated heterocycles. The first-order valence-corrected chi connectivity index (χ1v) is 8.83. The lowest BCUT2D eigenvalue weighted by Gasteiger charge is -2.24. The number of halogens is 1. The molecular formula is C20H18ClN3O2. The van der Waals surface area contributed by atoms with Gasteiger partial charge in [0.15, 0.2) is 0 Å². The minimum atomic E-state index is -0.240. The maximum atomic E-state index is 12.6. The van der Waals surface area contributed by atoms with Crippen LogP contribution >= 0.6 is 11.6 Å². The van der Waals surface area contributed by atoms with E-state index in [2.05, 4.69) is 10.4 Å². The van der Waals surface area contributed by atoms with Gasteiger partial charge in [0.2, 0.25) is 5.91 Å². The summed E-state index contributed by atoms with van der Waals surface area (Å²) < 4.78 is 7.56. The summed E-state index contributed by atoms with van der Waals surface area (Å²) in [5.41, 5.74) is 2.82. The van der Waals surface area contributed by atoms with Crippen LogP contribution in [0.25, 0.3) is 0 Å². The van der Waals surface area contributed by atoms with Crippen molar-refractivity contribution in [2.24, 2.45) is 5.92 Å². The molecule has 2 heterocycles. The monoisotopic (exact) mass is 367 g/mol. The standard InChI is InChI=1S/C20H18ClN3O2/c21-17-5-6-19-15(11-17)10-16(13-26-19)20(25)23-18-4-1-3-14(9-18)12-24-8-2-7-22-24/h1-9,11,16H,10,12-13H2,(H,23,25).